The molecule has 0 radical (unpaired) electrons. The molecular formula is C12H13FN2O5. The van der Waals surface area contributed by atoms with Crippen LogP contribution in [0.3, 0.4) is 0 Å². The lowest BCUT2D eigenvalue weighted by Crippen LogP contribution is -2.36. The highest BCUT2D eigenvalue weighted by atomic mass is 19.1. The van der Waals surface area contributed by atoms with Gasteiger partial charge in [0.25, 0.3) is 0 Å². The zero-order valence-corrected chi connectivity index (χ0v) is 10.7. The topological polar surface area (TPSA) is 92.9 Å². The molecule has 1 saturated heterocycles. The van der Waals surface area contributed by atoms with Crippen molar-refractivity contribution in [1.82, 2.24) is 0 Å². The molecule has 1 aliphatic heterocycles. The number of benzene rings is 1. The first kappa shape index (κ1) is 14.2. The Balaban J connectivity index is 2.47. The van der Waals surface area contributed by atoms with E-state index >= 15 is 0 Å². The molecule has 0 bridgehead atoms. The van der Waals surface area contributed by atoms with Gasteiger partial charge in [-0.1, -0.05) is 6.07 Å². The molecule has 1 heterocycles. The lowest BCUT2D eigenvalue weighted by Gasteiger charge is -2.23. The van der Waals surface area contributed by atoms with E-state index in [1.165, 1.54) is 24.1 Å². The molecule has 108 valence electrons. The van der Waals surface area contributed by atoms with E-state index in [1.807, 2.05) is 0 Å². The predicted molar refractivity (Wildman–Crippen MR) is 67.2 cm³/mol. The Morgan fingerprint density at radius 3 is 2.85 bits per heavy atom. The van der Waals surface area contributed by atoms with Crippen LogP contribution in [0.15, 0.2) is 18.2 Å². The summed E-state index contributed by atoms with van der Waals surface area (Å²) in [7, 11) is 1.44. The molecule has 1 fully saturated rings. The number of rotatable bonds is 4. The summed E-state index contributed by atoms with van der Waals surface area (Å²) in [6.07, 6.45) is -0.168. The number of nitro benzene ring substituents is 1. The summed E-state index contributed by atoms with van der Waals surface area (Å²) < 4.78 is 18.7. The molecule has 2 atom stereocenters. The molecule has 7 nitrogen and oxygen atoms in total. The number of halogens is 1. The smallest absolute Gasteiger partial charge is 0.327 e. The van der Waals surface area contributed by atoms with E-state index < -0.39 is 28.4 Å². The minimum absolute atomic E-state index is 0.0399. The fourth-order valence-electron chi connectivity index (χ4n) is 2.39. The average Bonchev–Trinajstić information content (AvgIpc) is 2.82. The minimum atomic E-state index is -1.12. The van der Waals surface area contributed by atoms with Gasteiger partial charge in [-0.15, -0.1) is 0 Å². The van der Waals surface area contributed by atoms with Gasteiger partial charge in [0.15, 0.2) is 0 Å². The Bertz CT molecular complexity index is 551. The van der Waals surface area contributed by atoms with E-state index in [0.717, 1.165) is 6.07 Å². The molecule has 1 aromatic rings. The Morgan fingerprint density at radius 2 is 2.30 bits per heavy atom. The molecule has 0 aromatic heterocycles. The summed E-state index contributed by atoms with van der Waals surface area (Å²) in [6.45, 7) is 0.164. The van der Waals surface area contributed by atoms with Crippen LogP contribution in [-0.2, 0) is 9.53 Å². The zero-order valence-electron chi connectivity index (χ0n) is 10.7. The van der Waals surface area contributed by atoms with Crippen LogP contribution in [0.25, 0.3) is 0 Å². The van der Waals surface area contributed by atoms with E-state index in [4.69, 9.17) is 4.74 Å². The molecule has 0 aliphatic carbocycles. The van der Waals surface area contributed by atoms with Crippen LogP contribution in [-0.4, -0.2) is 41.8 Å². The number of hydrogen-bond donors (Lipinski definition) is 1. The molecule has 8 heteroatoms. The summed E-state index contributed by atoms with van der Waals surface area (Å²) >= 11 is 0. The van der Waals surface area contributed by atoms with Gasteiger partial charge in [0, 0.05) is 20.1 Å². The fraction of sp³-hybridized carbons (Fsp3) is 0.417. The minimum Gasteiger partial charge on any atom is -0.480 e. The monoisotopic (exact) mass is 284 g/mol. The first-order valence-corrected chi connectivity index (χ1v) is 5.90. The number of ether oxygens (including phenoxy) is 1. The highest BCUT2D eigenvalue weighted by Gasteiger charge is 2.40. The Kier molecular flexibility index (Phi) is 3.84. The standard InChI is InChI=1S/C12H13FN2O5/c1-20-7-5-10(12(16)17)14(6-7)9-4-2-3-8(13)11(9)15(18)19/h2-4,7,10H,5-6H2,1H3,(H,16,17). The average molecular weight is 284 g/mol. The van der Waals surface area contributed by atoms with Gasteiger partial charge >= 0.3 is 11.7 Å². The summed E-state index contributed by atoms with van der Waals surface area (Å²) in [5.41, 5.74) is -0.752. The molecule has 2 rings (SSSR count). The quantitative estimate of drug-likeness (QED) is 0.663. The van der Waals surface area contributed by atoms with Gasteiger partial charge in [-0.2, -0.15) is 4.39 Å². The third kappa shape index (κ3) is 2.42. The van der Waals surface area contributed by atoms with Crippen LogP contribution < -0.4 is 4.90 Å². The second-order valence-corrected chi connectivity index (χ2v) is 4.46. The van der Waals surface area contributed by atoms with Crippen molar-refractivity contribution in [2.75, 3.05) is 18.6 Å². The number of carboxylic acid groups (broad SMARTS) is 1. The summed E-state index contributed by atoms with van der Waals surface area (Å²) in [5.74, 6) is -2.11. The number of para-hydroxylation sites is 1. The predicted octanol–water partition coefficient (Wildman–Crippen LogP) is 1.41. The highest BCUT2D eigenvalue weighted by Crippen LogP contribution is 2.35. The Morgan fingerprint density at radius 1 is 1.60 bits per heavy atom. The number of aliphatic carboxylic acids is 1. The largest absolute Gasteiger partial charge is 0.480 e. The van der Waals surface area contributed by atoms with Crippen LogP contribution in [0.1, 0.15) is 6.42 Å². The van der Waals surface area contributed by atoms with E-state index in [1.54, 1.807) is 0 Å². The first-order valence-electron chi connectivity index (χ1n) is 5.90. The van der Waals surface area contributed by atoms with Crippen LogP contribution >= 0.6 is 0 Å². The van der Waals surface area contributed by atoms with Gasteiger partial charge in [-0.25, -0.2) is 4.79 Å². The number of nitrogens with zero attached hydrogens (tertiary/aromatic N) is 2. The van der Waals surface area contributed by atoms with E-state index in [-0.39, 0.29) is 24.8 Å². The molecule has 0 saturated carbocycles. The maximum Gasteiger partial charge on any atom is 0.327 e. The summed E-state index contributed by atoms with van der Waals surface area (Å²) in [4.78, 5) is 22.7. The van der Waals surface area contributed by atoms with Crippen molar-refractivity contribution < 1.29 is 24.0 Å². The van der Waals surface area contributed by atoms with Gasteiger partial charge in [0.05, 0.1) is 11.0 Å². The van der Waals surface area contributed by atoms with Crippen molar-refractivity contribution in [3.8, 4) is 0 Å². The van der Waals surface area contributed by atoms with Gasteiger partial charge in [-0.05, 0) is 12.1 Å². The lowest BCUT2D eigenvalue weighted by atomic mass is 10.2. The van der Waals surface area contributed by atoms with E-state index in [2.05, 4.69) is 0 Å². The van der Waals surface area contributed by atoms with Crippen LogP contribution in [0.5, 0.6) is 0 Å². The van der Waals surface area contributed by atoms with Gasteiger partial charge in [0.1, 0.15) is 11.7 Å². The number of methoxy groups -OCH3 is 1. The number of nitro groups is 1. The van der Waals surface area contributed by atoms with Crippen molar-refractivity contribution >= 4 is 17.3 Å². The molecule has 1 aliphatic rings. The summed E-state index contributed by atoms with van der Waals surface area (Å²) in [5, 5.41) is 20.2. The van der Waals surface area contributed by atoms with Gasteiger partial charge in [0.2, 0.25) is 5.82 Å². The number of carbonyl (C=O) groups is 1. The van der Waals surface area contributed by atoms with Gasteiger partial charge in [-0.3, -0.25) is 10.1 Å². The zero-order chi connectivity index (χ0) is 14.9. The van der Waals surface area contributed by atoms with Crippen molar-refractivity contribution in [3.63, 3.8) is 0 Å². The Hall–Kier alpha value is -2.22. The van der Waals surface area contributed by atoms with E-state index in [0.29, 0.717) is 0 Å². The fourth-order valence-corrected chi connectivity index (χ4v) is 2.39. The SMILES string of the molecule is COC1CC(C(=O)O)N(c2cccc(F)c2[N+](=O)[O-])C1. The van der Waals surface area contributed by atoms with Crippen LogP contribution in [0.4, 0.5) is 15.8 Å². The Labute approximate surface area is 113 Å². The first-order chi connectivity index (χ1) is 9.45. The second kappa shape index (κ2) is 5.41. The highest BCUT2D eigenvalue weighted by molar-refractivity contribution is 5.81. The number of carboxylic acids is 1. The van der Waals surface area contributed by atoms with Crippen molar-refractivity contribution in [2.24, 2.45) is 0 Å². The number of hydrogen-bond acceptors (Lipinski definition) is 5. The lowest BCUT2D eigenvalue weighted by molar-refractivity contribution is -0.386. The molecule has 20 heavy (non-hydrogen) atoms. The maximum atomic E-state index is 13.6. The van der Waals surface area contributed by atoms with Crippen LogP contribution in [0, 0.1) is 15.9 Å². The molecule has 1 N–H and O–H groups in total. The normalized spacial score (nSPS) is 22.0. The van der Waals surface area contributed by atoms with Crippen molar-refractivity contribution in [2.45, 2.75) is 18.6 Å². The van der Waals surface area contributed by atoms with Crippen molar-refractivity contribution in [1.29, 1.82) is 0 Å². The molecular weight excluding hydrogens is 271 g/mol. The third-order valence-electron chi connectivity index (χ3n) is 3.34. The van der Waals surface area contributed by atoms with Crippen LogP contribution in [0.2, 0.25) is 0 Å². The van der Waals surface area contributed by atoms with Gasteiger partial charge < -0.3 is 14.7 Å². The second-order valence-electron chi connectivity index (χ2n) is 4.46. The van der Waals surface area contributed by atoms with E-state index in [9.17, 15) is 24.4 Å². The molecule has 0 amide bonds. The molecule has 1 aromatic carbocycles. The summed E-state index contributed by atoms with van der Waals surface area (Å²) in [6, 6.07) is 2.66. The van der Waals surface area contributed by atoms with Crippen molar-refractivity contribution in [3.05, 3.63) is 34.1 Å². The number of anilines is 1. The molecule has 0 spiro atoms. The maximum absolute atomic E-state index is 13.6. The third-order valence-corrected chi connectivity index (χ3v) is 3.34. The molecule has 2 unspecified atom stereocenters.